The molecule has 0 saturated heterocycles. The lowest BCUT2D eigenvalue weighted by Crippen LogP contribution is -2.26. The molecule has 1 heteroatoms. The van der Waals surface area contributed by atoms with Crippen LogP contribution in [-0.4, -0.2) is 8.07 Å². The second-order valence-electron chi connectivity index (χ2n) is 11.9. The minimum atomic E-state index is -1.46. The highest BCUT2D eigenvalue weighted by atomic mass is 28.3. The van der Waals surface area contributed by atoms with E-state index < -0.39 is 8.07 Å². The monoisotopic (exact) mass is 398 g/mol. The molecule has 1 aliphatic heterocycles. The standard InChI is InChI=1S/C28H34Si/c1-27(2,3)19-13-14-20-18(15-19)16-21-22(17-11-9-10-12-17)24(28(4,5)6)26-25(23(20)21)29(26,7)8/h9-11,13-15H,12,16H2,1-8H3. The van der Waals surface area contributed by atoms with Gasteiger partial charge in [-0.3, -0.25) is 0 Å². The molecule has 0 spiro atoms. The fourth-order valence-corrected chi connectivity index (χ4v) is 9.72. The summed E-state index contributed by atoms with van der Waals surface area (Å²) in [5.74, 6) is 0. The van der Waals surface area contributed by atoms with Crippen LogP contribution in [0.3, 0.4) is 0 Å². The van der Waals surface area contributed by atoms with Gasteiger partial charge in [0.15, 0.2) is 0 Å². The lowest BCUT2D eigenvalue weighted by molar-refractivity contribution is 0.589. The number of hydrogen-bond acceptors (Lipinski definition) is 0. The highest BCUT2D eigenvalue weighted by molar-refractivity contribution is 7.17. The Morgan fingerprint density at radius 1 is 0.862 bits per heavy atom. The average Bonchev–Trinajstić information content (AvgIpc) is 3.04. The van der Waals surface area contributed by atoms with Crippen LogP contribution in [-0.2, 0) is 17.3 Å². The SMILES string of the molecule is CC(C)(C)c1ccc2c(c1)Cc1c(C3=CC=CC3)c(C(C)(C)C)c3c(c1-2)[Si]3(C)C. The molecule has 0 fully saturated rings. The van der Waals surface area contributed by atoms with E-state index in [0.29, 0.717) is 0 Å². The summed E-state index contributed by atoms with van der Waals surface area (Å²) in [6.45, 7) is 19.4. The van der Waals surface area contributed by atoms with Gasteiger partial charge in [-0.1, -0.05) is 91.1 Å². The van der Waals surface area contributed by atoms with Crippen LogP contribution in [0.5, 0.6) is 0 Å². The molecule has 0 unspecified atom stereocenters. The van der Waals surface area contributed by atoms with Crippen molar-refractivity contribution < 1.29 is 0 Å². The predicted molar refractivity (Wildman–Crippen MR) is 131 cm³/mol. The fourth-order valence-electron chi connectivity index (χ4n) is 5.75. The summed E-state index contributed by atoms with van der Waals surface area (Å²) in [6.07, 6.45) is 9.13. The van der Waals surface area contributed by atoms with Gasteiger partial charge in [0.1, 0.15) is 8.07 Å². The van der Waals surface area contributed by atoms with Crippen molar-refractivity contribution in [2.45, 2.75) is 78.3 Å². The Hall–Kier alpha value is -1.86. The molecule has 0 N–H and O–H groups in total. The molecule has 2 aromatic rings. The molecule has 5 rings (SSSR count). The zero-order chi connectivity index (χ0) is 20.9. The van der Waals surface area contributed by atoms with Crippen LogP contribution in [0.1, 0.15) is 75.8 Å². The molecule has 3 aliphatic rings. The summed E-state index contributed by atoms with van der Waals surface area (Å²) in [5, 5.41) is 3.52. The van der Waals surface area contributed by atoms with Gasteiger partial charge in [-0.25, -0.2) is 0 Å². The van der Waals surface area contributed by atoms with Crippen molar-refractivity contribution in [3.8, 4) is 11.1 Å². The van der Waals surface area contributed by atoms with Gasteiger partial charge >= 0.3 is 0 Å². The maximum atomic E-state index is 2.57. The number of fused-ring (bicyclic) bond motifs is 5. The van der Waals surface area contributed by atoms with Crippen LogP contribution in [0.15, 0.2) is 36.4 Å². The van der Waals surface area contributed by atoms with Crippen molar-refractivity contribution in [2.75, 3.05) is 0 Å². The van der Waals surface area contributed by atoms with Gasteiger partial charge in [0.25, 0.3) is 0 Å². The lowest BCUT2D eigenvalue weighted by atomic mass is 9.78. The van der Waals surface area contributed by atoms with Crippen molar-refractivity contribution >= 4 is 24.0 Å². The maximum absolute atomic E-state index is 2.57. The third kappa shape index (κ3) is 2.63. The van der Waals surface area contributed by atoms with Crippen molar-refractivity contribution in [1.29, 1.82) is 0 Å². The zero-order valence-corrected chi connectivity index (χ0v) is 20.4. The van der Waals surface area contributed by atoms with E-state index >= 15 is 0 Å². The lowest BCUT2D eigenvalue weighted by Gasteiger charge is -2.26. The zero-order valence-electron chi connectivity index (χ0n) is 19.4. The smallest absolute Gasteiger partial charge is 0.0801 e. The molecule has 2 aliphatic carbocycles. The summed E-state index contributed by atoms with van der Waals surface area (Å²) in [6, 6.07) is 7.32. The highest BCUT2D eigenvalue weighted by Crippen LogP contribution is 2.48. The van der Waals surface area contributed by atoms with Crippen molar-refractivity contribution in [1.82, 2.24) is 0 Å². The second kappa shape index (κ2) is 5.63. The molecule has 2 aromatic carbocycles. The maximum Gasteiger partial charge on any atom is 0.113 e. The largest absolute Gasteiger partial charge is 0.113 e. The topological polar surface area (TPSA) is 0 Å². The third-order valence-corrected chi connectivity index (χ3v) is 10.5. The normalized spacial score (nSPS) is 18.4. The summed E-state index contributed by atoms with van der Waals surface area (Å²) < 4.78 is 0. The van der Waals surface area contributed by atoms with Gasteiger partial charge < -0.3 is 0 Å². The van der Waals surface area contributed by atoms with E-state index in [9.17, 15) is 0 Å². The van der Waals surface area contributed by atoms with E-state index in [0.717, 1.165) is 12.8 Å². The van der Waals surface area contributed by atoms with Crippen molar-refractivity contribution in [3.05, 3.63) is 64.2 Å². The van der Waals surface area contributed by atoms with Crippen LogP contribution >= 0.6 is 0 Å². The Morgan fingerprint density at radius 3 is 2.17 bits per heavy atom. The van der Waals surface area contributed by atoms with Crippen LogP contribution in [0, 0.1) is 0 Å². The summed E-state index contributed by atoms with van der Waals surface area (Å²) in [7, 11) is -1.46. The van der Waals surface area contributed by atoms with E-state index in [1.807, 2.05) is 0 Å². The molecule has 1 heterocycles. The molecule has 0 saturated carbocycles. The van der Waals surface area contributed by atoms with E-state index in [2.05, 4.69) is 91.1 Å². The molecule has 0 atom stereocenters. The Kier molecular flexibility index (Phi) is 3.72. The second-order valence-corrected chi connectivity index (χ2v) is 16.1. The van der Waals surface area contributed by atoms with E-state index in [1.54, 1.807) is 38.2 Å². The summed E-state index contributed by atoms with van der Waals surface area (Å²) in [4.78, 5) is 0. The van der Waals surface area contributed by atoms with Gasteiger partial charge in [0.05, 0.1) is 0 Å². The predicted octanol–water partition coefficient (Wildman–Crippen LogP) is 6.33. The number of hydrogen-bond donors (Lipinski definition) is 0. The molecular weight excluding hydrogens is 364 g/mol. The Morgan fingerprint density at radius 2 is 1.59 bits per heavy atom. The molecule has 0 radical (unpaired) electrons. The fraction of sp³-hybridized carbons (Fsp3) is 0.429. The number of allylic oxidation sites excluding steroid dienone is 4. The number of benzene rings is 2. The van der Waals surface area contributed by atoms with Gasteiger partial charge in [0, 0.05) is 0 Å². The quantitative estimate of drug-likeness (QED) is 0.420. The Balaban J connectivity index is 1.82. The van der Waals surface area contributed by atoms with Gasteiger partial charge in [0.2, 0.25) is 0 Å². The molecule has 150 valence electrons. The van der Waals surface area contributed by atoms with Crippen LogP contribution < -0.4 is 10.4 Å². The van der Waals surface area contributed by atoms with E-state index in [1.165, 1.54) is 16.7 Å². The van der Waals surface area contributed by atoms with E-state index in [4.69, 9.17) is 0 Å². The van der Waals surface area contributed by atoms with Crippen LogP contribution in [0.4, 0.5) is 0 Å². The minimum absolute atomic E-state index is 0.185. The molecular formula is C28H34Si. The average molecular weight is 399 g/mol. The van der Waals surface area contributed by atoms with Crippen molar-refractivity contribution in [3.63, 3.8) is 0 Å². The van der Waals surface area contributed by atoms with Gasteiger partial charge in [-0.15, -0.1) is 0 Å². The first-order valence-electron chi connectivity index (χ1n) is 11.2. The van der Waals surface area contributed by atoms with Crippen LogP contribution in [0.25, 0.3) is 16.7 Å². The highest BCUT2D eigenvalue weighted by Gasteiger charge is 2.53. The number of rotatable bonds is 1. The molecule has 0 bridgehead atoms. The van der Waals surface area contributed by atoms with Crippen molar-refractivity contribution in [2.24, 2.45) is 0 Å². The molecule has 0 amide bonds. The van der Waals surface area contributed by atoms with E-state index in [-0.39, 0.29) is 10.8 Å². The third-order valence-electron chi connectivity index (χ3n) is 7.24. The first kappa shape index (κ1) is 19.1. The molecule has 0 nitrogen and oxygen atoms in total. The Bertz CT molecular complexity index is 1120. The summed E-state index contributed by atoms with van der Waals surface area (Å²) in [5.41, 5.74) is 13.0. The first-order chi connectivity index (χ1) is 13.4. The molecule has 29 heavy (non-hydrogen) atoms. The van der Waals surface area contributed by atoms with Crippen LogP contribution in [0.2, 0.25) is 13.1 Å². The first-order valence-corrected chi connectivity index (χ1v) is 14.2. The Labute approximate surface area is 177 Å². The van der Waals surface area contributed by atoms with Gasteiger partial charge in [-0.2, -0.15) is 0 Å². The molecule has 0 aromatic heterocycles. The summed E-state index contributed by atoms with van der Waals surface area (Å²) >= 11 is 0. The minimum Gasteiger partial charge on any atom is -0.0801 e. The van der Waals surface area contributed by atoms with Gasteiger partial charge in [-0.05, 0) is 78.6 Å².